The first-order chi connectivity index (χ1) is 46.7. The van der Waals surface area contributed by atoms with Gasteiger partial charge in [0.1, 0.15) is 22.6 Å². The number of nitrogens with zero attached hydrogens (tertiary/aromatic N) is 13. The van der Waals surface area contributed by atoms with Crippen molar-refractivity contribution in [3.8, 4) is 68.3 Å². The number of piperidine rings is 1. The van der Waals surface area contributed by atoms with E-state index in [1.54, 1.807) is 42.9 Å². The Hall–Kier alpha value is -11.4. The van der Waals surface area contributed by atoms with E-state index in [1.807, 2.05) is 125 Å². The molecule has 3 saturated heterocycles. The Morgan fingerprint density at radius 2 is 0.865 bits per heavy atom. The molecule has 3 fully saturated rings. The van der Waals surface area contributed by atoms with Crippen LogP contribution in [-0.2, 0) is 0 Å². The number of fused-ring (bicyclic) bond motifs is 3. The Morgan fingerprint density at radius 3 is 1.33 bits per heavy atom. The highest BCUT2D eigenvalue weighted by Crippen LogP contribution is 2.31. The number of nitrogen functional groups attached to an aromatic ring is 3. The topological polar surface area (TPSA) is 330 Å². The number of carbonyl (C=O) groups excluding carboxylic acids is 3. The minimum absolute atomic E-state index is 0.0219. The van der Waals surface area contributed by atoms with Crippen molar-refractivity contribution in [2.75, 3.05) is 96.7 Å². The van der Waals surface area contributed by atoms with Crippen LogP contribution < -0.4 is 27.8 Å². The molecule has 3 aliphatic heterocycles. The largest absolute Gasteiger partial charge is 0.382 e. The van der Waals surface area contributed by atoms with Crippen LogP contribution in [0.25, 0.3) is 101 Å². The van der Waals surface area contributed by atoms with Gasteiger partial charge in [0, 0.05) is 98.3 Å². The van der Waals surface area contributed by atoms with Crippen molar-refractivity contribution in [3.05, 3.63) is 180 Å². The first-order valence-electron chi connectivity index (χ1n) is 31.9. The standard InChI is InChI=1S/C25H27N7O.C23H22FN7O.C23H23N7O/c1-31(2)18-11-13-32(14-12-18)25(33)17-9-7-16(8-10-17)21-15-27-23(26)22(28-21)24-29-19-5-3-4-6-20(19)30-24;24-16-3-1-4-17-19(16)30-22(29-17)20-21(25)27-13-18(28-20)14-5-7-15(8-6-14)23(32)31-11-2-9-26-10-12-31;1-14-3-2-4-17-19(14)29-22(28-17)20-21(24)26-13-18(27-20)15-5-7-16(8-6-15)23(31)30-11-9-25-10-12-30/h3-10,15,18H,11-14H2,1-2H3,(H2,26,27)(H,29,30);1,3-8,13,26H,2,9-12H2,(H2,25,27)(H,29,30);2-8,13,25H,9-12H2,1H3,(H2,24,26)(H,28,29). The van der Waals surface area contributed by atoms with Gasteiger partial charge in [0.2, 0.25) is 0 Å². The van der Waals surface area contributed by atoms with E-state index < -0.39 is 5.82 Å². The summed E-state index contributed by atoms with van der Waals surface area (Å²) in [6.45, 7) is 9.88. The highest BCUT2D eigenvalue weighted by molar-refractivity contribution is 5.96. The number of aryl methyl sites for hydroxylation is 1. The summed E-state index contributed by atoms with van der Waals surface area (Å²) in [7, 11) is 4.20. The fraction of sp³-hybridized carbons (Fsp3) is 0.239. The van der Waals surface area contributed by atoms with E-state index >= 15 is 0 Å². The van der Waals surface area contributed by atoms with Crippen molar-refractivity contribution in [2.45, 2.75) is 32.2 Å². The number of hydrogen-bond acceptors (Lipinski definition) is 18. The van der Waals surface area contributed by atoms with Crippen LogP contribution in [0.2, 0.25) is 0 Å². The molecule has 0 radical (unpaired) electrons. The summed E-state index contributed by atoms with van der Waals surface area (Å²) in [5.41, 5.74) is 31.5. The monoisotopic (exact) mass is 1290 g/mol. The van der Waals surface area contributed by atoms with Gasteiger partial charge in [-0.15, -0.1) is 0 Å². The average molecular weight is 1290 g/mol. The van der Waals surface area contributed by atoms with Gasteiger partial charge in [0.25, 0.3) is 17.7 Å². The summed E-state index contributed by atoms with van der Waals surface area (Å²) < 4.78 is 14.0. The van der Waals surface area contributed by atoms with Gasteiger partial charge < -0.3 is 62.4 Å². The molecule has 15 rings (SSSR count). The Balaban J connectivity index is 0.000000130. The first-order valence-corrected chi connectivity index (χ1v) is 31.9. The maximum absolute atomic E-state index is 14.0. The minimum atomic E-state index is -0.423. The summed E-state index contributed by atoms with van der Waals surface area (Å²) in [5, 5.41) is 6.56. The summed E-state index contributed by atoms with van der Waals surface area (Å²) in [4.78, 5) is 96.5. The van der Waals surface area contributed by atoms with Gasteiger partial charge in [-0.3, -0.25) is 14.4 Å². The summed E-state index contributed by atoms with van der Waals surface area (Å²) in [5.74, 6) is 2.05. The molecule has 486 valence electrons. The number of H-pyrrole nitrogens is 3. The lowest BCUT2D eigenvalue weighted by Gasteiger charge is -2.35. The highest BCUT2D eigenvalue weighted by Gasteiger charge is 2.26. The highest BCUT2D eigenvalue weighted by atomic mass is 19.1. The van der Waals surface area contributed by atoms with Crippen molar-refractivity contribution in [2.24, 2.45) is 0 Å². The van der Waals surface area contributed by atoms with Gasteiger partial charge >= 0.3 is 0 Å². The van der Waals surface area contributed by atoms with E-state index in [1.165, 1.54) is 6.07 Å². The molecule has 9 heterocycles. The molecule has 3 amide bonds. The van der Waals surface area contributed by atoms with E-state index in [9.17, 15) is 18.8 Å². The number of likely N-dealkylation sites (tertiary alicyclic amines) is 1. The van der Waals surface area contributed by atoms with Crippen LogP contribution in [0.5, 0.6) is 0 Å². The number of imidazole rings is 3. The maximum atomic E-state index is 14.0. The zero-order valence-corrected chi connectivity index (χ0v) is 53.4. The Kier molecular flexibility index (Phi) is 18.5. The number of anilines is 3. The van der Waals surface area contributed by atoms with Crippen molar-refractivity contribution in [1.82, 2.24) is 90.0 Å². The molecule has 96 heavy (non-hydrogen) atoms. The molecule has 24 nitrogen and oxygen atoms in total. The molecule has 25 heteroatoms. The third-order valence-electron chi connectivity index (χ3n) is 17.4. The smallest absolute Gasteiger partial charge is 0.253 e. The molecule has 0 saturated carbocycles. The predicted octanol–water partition coefficient (Wildman–Crippen LogP) is 8.90. The SMILES string of the molecule is CN(C)C1CCN(C(=O)c2ccc(-c3cnc(N)c(-c4nc5ccccc5[nH]4)n3)cc2)CC1.Cc1cccc2[nH]c(-c3nc(-c4ccc(C(=O)N5CCNCC5)cc4)cnc3N)nc12.Nc1ncc(-c2ccc(C(=O)N3CCCNCC3)cc2)nc1-c1nc2c(F)cccc2[nH]1. The van der Waals surface area contributed by atoms with Gasteiger partial charge in [-0.1, -0.05) is 66.7 Å². The number of amides is 3. The van der Waals surface area contributed by atoms with E-state index in [2.05, 4.69) is 79.5 Å². The molecule has 11 N–H and O–H groups in total. The van der Waals surface area contributed by atoms with Crippen molar-refractivity contribution < 1.29 is 18.8 Å². The predicted molar refractivity (Wildman–Crippen MR) is 370 cm³/mol. The molecule has 6 aromatic carbocycles. The number of rotatable bonds is 10. The van der Waals surface area contributed by atoms with E-state index in [0.717, 1.165) is 122 Å². The summed E-state index contributed by atoms with van der Waals surface area (Å²) >= 11 is 0. The van der Waals surface area contributed by atoms with Crippen molar-refractivity contribution in [1.29, 1.82) is 0 Å². The number of hydrogen-bond donors (Lipinski definition) is 8. The molecule has 6 aromatic heterocycles. The summed E-state index contributed by atoms with van der Waals surface area (Å²) in [6, 6.07) is 41.2. The van der Waals surface area contributed by atoms with Crippen LogP contribution in [-0.4, -0.2) is 183 Å². The zero-order chi connectivity index (χ0) is 66.4. The van der Waals surface area contributed by atoms with Crippen molar-refractivity contribution in [3.63, 3.8) is 0 Å². The first kappa shape index (κ1) is 63.4. The van der Waals surface area contributed by atoms with Gasteiger partial charge in [-0.2, -0.15) is 0 Å². The lowest BCUT2D eigenvalue weighted by atomic mass is 10.0. The molecule has 0 spiro atoms. The molecule has 0 atom stereocenters. The summed E-state index contributed by atoms with van der Waals surface area (Å²) in [6.07, 6.45) is 7.80. The fourth-order valence-electron chi connectivity index (χ4n) is 12.0. The zero-order valence-electron chi connectivity index (χ0n) is 53.4. The van der Waals surface area contributed by atoms with Crippen molar-refractivity contribution >= 4 is 68.3 Å². The maximum Gasteiger partial charge on any atom is 0.253 e. The third-order valence-corrected chi connectivity index (χ3v) is 17.4. The normalized spacial score (nSPS) is 14.5. The minimum Gasteiger partial charge on any atom is -0.382 e. The van der Waals surface area contributed by atoms with Crippen LogP contribution >= 0.6 is 0 Å². The van der Waals surface area contributed by atoms with Gasteiger partial charge in [0.15, 0.2) is 40.7 Å². The second-order valence-electron chi connectivity index (χ2n) is 24.0. The van der Waals surface area contributed by atoms with Crippen LogP contribution in [0.4, 0.5) is 21.8 Å². The number of aromatic amines is 3. The van der Waals surface area contributed by atoms with E-state index in [-0.39, 0.29) is 29.1 Å². The number of para-hydroxylation sites is 4. The number of halogens is 1. The second-order valence-corrected chi connectivity index (χ2v) is 24.0. The lowest BCUT2D eigenvalue weighted by molar-refractivity contribution is 0.0662. The molecule has 0 aliphatic carbocycles. The number of nitrogens with one attached hydrogen (secondary N) is 5. The van der Waals surface area contributed by atoms with E-state index in [4.69, 9.17) is 27.2 Å². The molecule has 3 aliphatic rings. The number of aromatic nitrogens is 12. The van der Waals surface area contributed by atoms with Gasteiger partial charge in [0.05, 0.1) is 63.3 Å². The Bertz CT molecular complexity index is 4750. The van der Waals surface area contributed by atoms with Crippen LogP contribution in [0, 0.1) is 12.7 Å². The number of carbonyl (C=O) groups is 3. The third kappa shape index (κ3) is 13.8. The molecular weight excluding hydrogens is 1210 g/mol. The van der Waals surface area contributed by atoms with E-state index in [0.29, 0.717) is 98.1 Å². The van der Waals surface area contributed by atoms with Crippen LogP contribution in [0.15, 0.2) is 152 Å². The molecule has 0 bridgehead atoms. The average Bonchev–Trinajstić information content (AvgIpc) is 1.53. The fourth-order valence-corrected chi connectivity index (χ4v) is 12.0. The number of benzene rings is 6. The Labute approximate surface area is 552 Å². The Morgan fingerprint density at radius 1 is 0.458 bits per heavy atom. The number of nitrogens with two attached hydrogens (primary N) is 3. The number of piperazine rings is 1. The molecule has 12 aromatic rings. The lowest BCUT2D eigenvalue weighted by Crippen LogP contribution is -2.46. The molecule has 0 unspecified atom stereocenters. The van der Waals surface area contributed by atoms with Crippen LogP contribution in [0.1, 0.15) is 55.9 Å². The molecular formula is C71H72FN21O3. The second kappa shape index (κ2) is 28.0. The van der Waals surface area contributed by atoms with Gasteiger partial charge in [-0.05, 0) is 119 Å². The van der Waals surface area contributed by atoms with Gasteiger partial charge in [-0.25, -0.2) is 49.2 Å². The quantitative estimate of drug-likeness (QED) is 0.0633. The van der Waals surface area contributed by atoms with Crippen LogP contribution in [0.3, 0.4) is 0 Å².